The Kier molecular flexibility index (Phi) is 3.77. The minimum absolute atomic E-state index is 0.116. The van der Waals surface area contributed by atoms with Crippen molar-refractivity contribution in [1.29, 1.82) is 0 Å². The van der Waals surface area contributed by atoms with E-state index < -0.39 is 23.2 Å². The molecule has 1 saturated heterocycles. The third-order valence-electron chi connectivity index (χ3n) is 2.54. The van der Waals surface area contributed by atoms with E-state index in [2.05, 4.69) is 5.32 Å². The van der Waals surface area contributed by atoms with Gasteiger partial charge in [-0.25, -0.2) is 0 Å². The molecule has 1 aromatic carbocycles. The number of carbonyl (C=O) groups excluding carboxylic acids is 1. The molecule has 0 radical (unpaired) electrons. The third kappa shape index (κ3) is 2.75. The monoisotopic (exact) mass is 295 g/mol. The zero-order chi connectivity index (χ0) is 13.3. The number of rotatable bonds is 2. The summed E-state index contributed by atoms with van der Waals surface area (Å²) in [5.74, 6) is 0.129. The van der Waals surface area contributed by atoms with Crippen LogP contribution >= 0.6 is 23.4 Å². The summed E-state index contributed by atoms with van der Waals surface area (Å²) in [4.78, 5) is 11.8. The first-order valence-electron chi connectivity index (χ1n) is 5.18. The normalized spacial score (nSPS) is 19.2. The predicted molar refractivity (Wildman–Crippen MR) is 64.8 cm³/mol. The second kappa shape index (κ2) is 5.01. The van der Waals surface area contributed by atoms with E-state index in [9.17, 15) is 18.0 Å². The fourth-order valence-corrected chi connectivity index (χ4v) is 2.48. The summed E-state index contributed by atoms with van der Waals surface area (Å²) in [6, 6.07) is 3.31. The van der Waals surface area contributed by atoms with E-state index in [1.54, 1.807) is 0 Å². The van der Waals surface area contributed by atoms with Crippen molar-refractivity contribution >= 4 is 29.3 Å². The van der Waals surface area contributed by atoms with E-state index in [-0.39, 0.29) is 10.4 Å². The predicted octanol–water partition coefficient (Wildman–Crippen LogP) is 3.55. The molecule has 1 unspecified atom stereocenters. The van der Waals surface area contributed by atoms with Crippen LogP contribution in [-0.4, -0.2) is 17.0 Å². The summed E-state index contributed by atoms with van der Waals surface area (Å²) < 4.78 is 38.3. The standard InChI is InChI=1S/C11H9ClF3NOS/c12-7-3-1-2-6(11(13,14)15)9(7)10(17)16-8-4-5-18-8/h1-3,8H,4-5H2,(H,16,17). The highest BCUT2D eigenvalue weighted by atomic mass is 35.5. The van der Waals surface area contributed by atoms with Gasteiger partial charge in [0.25, 0.3) is 5.91 Å². The lowest BCUT2D eigenvalue weighted by atomic mass is 10.1. The fraction of sp³-hybridized carbons (Fsp3) is 0.364. The first-order valence-corrected chi connectivity index (χ1v) is 6.60. The SMILES string of the molecule is O=C(NC1CCS1)c1c(Cl)cccc1C(F)(F)F. The van der Waals surface area contributed by atoms with E-state index in [1.807, 2.05) is 0 Å². The number of carbonyl (C=O) groups is 1. The van der Waals surface area contributed by atoms with Gasteiger partial charge in [-0.1, -0.05) is 17.7 Å². The van der Waals surface area contributed by atoms with Gasteiger partial charge >= 0.3 is 6.18 Å². The molecule has 1 fully saturated rings. The topological polar surface area (TPSA) is 29.1 Å². The Morgan fingerprint density at radius 2 is 2.11 bits per heavy atom. The van der Waals surface area contributed by atoms with Crippen molar-refractivity contribution in [2.75, 3.05) is 5.75 Å². The highest BCUT2D eigenvalue weighted by molar-refractivity contribution is 8.01. The number of amides is 1. The van der Waals surface area contributed by atoms with Gasteiger partial charge in [-0.15, -0.1) is 11.8 Å². The van der Waals surface area contributed by atoms with Crippen LogP contribution in [0.1, 0.15) is 22.3 Å². The maximum Gasteiger partial charge on any atom is 0.417 e. The molecular formula is C11H9ClF3NOS. The van der Waals surface area contributed by atoms with E-state index in [1.165, 1.54) is 23.9 Å². The number of thioether (sulfide) groups is 1. The van der Waals surface area contributed by atoms with Crippen LogP contribution in [0.15, 0.2) is 18.2 Å². The molecule has 1 aromatic rings. The van der Waals surface area contributed by atoms with Crippen molar-refractivity contribution in [3.05, 3.63) is 34.3 Å². The fourth-order valence-electron chi connectivity index (χ4n) is 1.56. The van der Waals surface area contributed by atoms with Crippen molar-refractivity contribution in [3.63, 3.8) is 0 Å². The third-order valence-corrected chi connectivity index (χ3v) is 4.08. The van der Waals surface area contributed by atoms with Gasteiger partial charge in [-0.3, -0.25) is 4.79 Å². The number of hydrogen-bond acceptors (Lipinski definition) is 2. The van der Waals surface area contributed by atoms with Gasteiger partial charge in [0, 0.05) is 0 Å². The van der Waals surface area contributed by atoms with Crippen molar-refractivity contribution in [3.8, 4) is 0 Å². The summed E-state index contributed by atoms with van der Waals surface area (Å²) in [5, 5.41) is 2.22. The lowest BCUT2D eigenvalue weighted by molar-refractivity contribution is -0.137. The van der Waals surface area contributed by atoms with Crippen LogP contribution in [-0.2, 0) is 6.18 Å². The molecule has 1 heterocycles. The molecule has 0 aromatic heterocycles. The van der Waals surface area contributed by atoms with Crippen molar-refractivity contribution in [2.45, 2.75) is 18.0 Å². The molecule has 0 aliphatic carbocycles. The molecular weight excluding hydrogens is 287 g/mol. The highest BCUT2D eigenvalue weighted by Gasteiger charge is 2.37. The Balaban J connectivity index is 2.32. The van der Waals surface area contributed by atoms with Gasteiger partial charge < -0.3 is 5.32 Å². The van der Waals surface area contributed by atoms with E-state index >= 15 is 0 Å². The van der Waals surface area contributed by atoms with Crippen LogP contribution in [0.2, 0.25) is 5.02 Å². The maximum absolute atomic E-state index is 12.8. The van der Waals surface area contributed by atoms with Crippen LogP contribution in [0.25, 0.3) is 0 Å². The molecule has 1 atom stereocenters. The lowest BCUT2D eigenvalue weighted by Gasteiger charge is -2.26. The van der Waals surface area contributed by atoms with Crippen LogP contribution in [0.3, 0.4) is 0 Å². The first kappa shape index (κ1) is 13.5. The highest BCUT2D eigenvalue weighted by Crippen LogP contribution is 2.35. The Morgan fingerprint density at radius 1 is 1.44 bits per heavy atom. The zero-order valence-corrected chi connectivity index (χ0v) is 10.6. The van der Waals surface area contributed by atoms with E-state index in [4.69, 9.17) is 11.6 Å². The van der Waals surface area contributed by atoms with E-state index in [0.29, 0.717) is 0 Å². The number of alkyl halides is 3. The summed E-state index contributed by atoms with van der Waals surface area (Å²) in [6.45, 7) is 0. The quantitative estimate of drug-likeness (QED) is 0.904. The minimum atomic E-state index is -4.59. The Hall–Kier alpha value is -0.880. The molecule has 0 saturated carbocycles. The van der Waals surface area contributed by atoms with Crippen molar-refractivity contribution in [1.82, 2.24) is 5.32 Å². The smallest absolute Gasteiger partial charge is 0.340 e. The molecule has 0 spiro atoms. The van der Waals surface area contributed by atoms with Gasteiger partial charge in [0.05, 0.1) is 21.5 Å². The number of nitrogens with one attached hydrogen (secondary N) is 1. The minimum Gasteiger partial charge on any atom is -0.340 e. The Morgan fingerprint density at radius 3 is 2.61 bits per heavy atom. The van der Waals surface area contributed by atoms with E-state index in [0.717, 1.165) is 18.2 Å². The van der Waals surface area contributed by atoms with Crippen molar-refractivity contribution < 1.29 is 18.0 Å². The van der Waals surface area contributed by atoms with Crippen LogP contribution in [0.4, 0.5) is 13.2 Å². The van der Waals surface area contributed by atoms with Crippen LogP contribution in [0.5, 0.6) is 0 Å². The summed E-state index contributed by atoms with van der Waals surface area (Å²) in [6.07, 6.45) is -3.83. The molecule has 98 valence electrons. The second-order valence-electron chi connectivity index (χ2n) is 3.78. The summed E-state index contributed by atoms with van der Waals surface area (Å²) >= 11 is 7.20. The maximum atomic E-state index is 12.8. The molecule has 1 aliphatic rings. The lowest BCUT2D eigenvalue weighted by Crippen LogP contribution is -2.38. The number of halogens is 4. The second-order valence-corrected chi connectivity index (χ2v) is 5.50. The van der Waals surface area contributed by atoms with Crippen LogP contribution < -0.4 is 5.32 Å². The van der Waals surface area contributed by atoms with Gasteiger partial charge in [0.1, 0.15) is 0 Å². The summed E-state index contributed by atoms with van der Waals surface area (Å²) in [5.41, 5.74) is -1.50. The zero-order valence-electron chi connectivity index (χ0n) is 9.05. The van der Waals surface area contributed by atoms with Gasteiger partial charge in [-0.05, 0) is 24.3 Å². The molecule has 1 amide bonds. The summed E-state index contributed by atoms with van der Waals surface area (Å²) in [7, 11) is 0. The van der Waals surface area contributed by atoms with Gasteiger partial charge in [-0.2, -0.15) is 13.2 Å². The molecule has 2 rings (SSSR count). The Bertz CT molecular complexity index is 474. The molecule has 2 nitrogen and oxygen atoms in total. The van der Waals surface area contributed by atoms with Gasteiger partial charge in [0.2, 0.25) is 0 Å². The average Bonchev–Trinajstić information content (AvgIpc) is 2.21. The molecule has 1 N–H and O–H groups in total. The molecule has 18 heavy (non-hydrogen) atoms. The molecule has 0 bridgehead atoms. The van der Waals surface area contributed by atoms with Crippen LogP contribution in [0, 0.1) is 0 Å². The number of benzene rings is 1. The average molecular weight is 296 g/mol. The molecule has 7 heteroatoms. The largest absolute Gasteiger partial charge is 0.417 e. The van der Waals surface area contributed by atoms with Gasteiger partial charge in [0.15, 0.2) is 0 Å². The first-order chi connectivity index (χ1) is 8.39. The molecule has 1 aliphatic heterocycles. The number of hydrogen-bond donors (Lipinski definition) is 1. The Labute approximate surface area is 111 Å². The van der Waals surface area contributed by atoms with Crippen molar-refractivity contribution in [2.24, 2.45) is 0 Å².